The molecule has 39 heavy (non-hydrogen) atoms. The van der Waals surface area contributed by atoms with Gasteiger partial charge in [-0.05, 0) is 66.7 Å². The van der Waals surface area contributed by atoms with Gasteiger partial charge in [0.2, 0.25) is 0 Å². The number of rotatable bonds is 14. The zero-order valence-corrected chi connectivity index (χ0v) is 22.2. The number of methoxy groups -OCH3 is 1. The Kier molecular flexibility index (Phi) is 13.8. The van der Waals surface area contributed by atoms with Gasteiger partial charge in [0.05, 0.1) is 31.6 Å². The number of aliphatic carboxylic acids is 3. The fourth-order valence-electron chi connectivity index (χ4n) is 3.32. The van der Waals surface area contributed by atoms with E-state index in [0.29, 0.717) is 12.2 Å². The summed E-state index contributed by atoms with van der Waals surface area (Å²) in [7, 11) is 1.63. The van der Waals surface area contributed by atoms with E-state index in [1.165, 1.54) is 0 Å². The molecular weight excluding hydrogens is 508 g/mol. The Bertz CT molecular complexity index is 1130. The number of nitrogens with zero attached hydrogens (tertiary/aromatic N) is 2. The average molecular weight is 543 g/mol. The normalized spacial score (nSPS) is 11.1. The third-order valence-electron chi connectivity index (χ3n) is 5.57. The summed E-state index contributed by atoms with van der Waals surface area (Å²) >= 11 is 0. The van der Waals surface area contributed by atoms with Gasteiger partial charge in [0, 0.05) is 6.54 Å². The van der Waals surface area contributed by atoms with Gasteiger partial charge in [-0.1, -0.05) is 26.0 Å². The second-order valence-electron chi connectivity index (χ2n) is 8.32. The molecule has 0 amide bonds. The van der Waals surface area contributed by atoms with E-state index in [9.17, 15) is 19.6 Å². The fraction of sp³-hybridized carbons (Fsp3) is 0.357. The molecule has 0 saturated carbocycles. The van der Waals surface area contributed by atoms with Crippen molar-refractivity contribution in [3.8, 4) is 17.6 Å². The van der Waals surface area contributed by atoms with Crippen LogP contribution in [0.15, 0.2) is 48.5 Å². The van der Waals surface area contributed by atoms with Crippen LogP contribution in [0.25, 0.3) is 11.6 Å². The van der Waals surface area contributed by atoms with Gasteiger partial charge >= 0.3 is 17.9 Å². The van der Waals surface area contributed by atoms with E-state index in [2.05, 4.69) is 24.8 Å². The van der Waals surface area contributed by atoms with Crippen molar-refractivity contribution in [3.05, 3.63) is 59.7 Å². The Labute approximate surface area is 227 Å². The van der Waals surface area contributed by atoms with E-state index in [0.717, 1.165) is 42.3 Å². The largest absolute Gasteiger partial charge is 0.497 e. The highest BCUT2D eigenvalue weighted by atomic mass is 16.5. The molecule has 0 fully saturated rings. The minimum Gasteiger partial charge on any atom is -0.497 e. The molecule has 11 heteroatoms. The zero-order chi connectivity index (χ0) is 29.4. The van der Waals surface area contributed by atoms with Gasteiger partial charge in [0.1, 0.15) is 18.1 Å². The van der Waals surface area contributed by atoms with Crippen LogP contribution in [-0.4, -0.2) is 82.2 Å². The van der Waals surface area contributed by atoms with Gasteiger partial charge in [-0.3, -0.25) is 9.59 Å². The number of aliphatic hydroxyl groups is 1. The quantitative estimate of drug-likeness (QED) is 0.203. The van der Waals surface area contributed by atoms with E-state index < -0.39 is 36.4 Å². The number of ether oxygens (including phenoxy) is 2. The summed E-state index contributed by atoms with van der Waals surface area (Å²) in [5.74, 6) is -3.40. The number of allylic oxidation sites excluding steroid dienone is 1. The van der Waals surface area contributed by atoms with E-state index in [1.54, 1.807) is 7.11 Å². The first-order chi connectivity index (χ1) is 18.5. The molecule has 0 aliphatic carbocycles. The Morgan fingerprint density at radius 3 is 1.85 bits per heavy atom. The maximum absolute atomic E-state index is 10.3. The average Bonchev–Trinajstić information content (AvgIpc) is 2.90. The molecule has 11 nitrogen and oxygen atoms in total. The number of benzene rings is 2. The number of carbonyl (C=O) groups is 3. The van der Waals surface area contributed by atoms with Crippen LogP contribution in [0.5, 0.6) is 11.5 Å². The summed E-state index contributed by atoms with van der Waals surface area (Å²) in [6.07, 6.45) is -0.412. The van der Waals surface area contributed by atoms with Gasteiger partial charge in [0.25, 0.3) is 0 Å². The lowest BCUT2D eigenvalue weighted by molar-refractivity contribution is -0.170. The van der Waals surface area contributed by atoms with Crippen molar-refractivity contribution in [1.82, 2.24) is 4.90 Å². The summed E-state index contributed by atoms with van der Waals surface area (Å²) in [4.78, 5) is 32.8. The van der Waals surface area contributed by atoms with Crippen LogP contribution in [-0.2, 0) is 14.4 Å². The van der Waals surface area contributed by atoms with Crippen LogP contribution < -0.4 is 9.47 Å². The Morgan fingerprint density at radius 2 is 1.44 bits per heavy atom. The van der Waals surface area contributed by atoms with Crippen molar-refractivity contribution < 1.29 is 44.3 Å². The van der Waals surface area contributed by atoms with Gasteiger partial charge in [0.15, 0.2) is 5.60 Å². The second kappa shape index (κ2) is 16.4. The maximum Gasteiger partial charge on any atom is 0.336 e. The first-order valence-corrected chi connectivity index (χ1v) is 12.1. The third-order valence-corrected chi connectivity index (χ3v) is 5.57. The van der Waals surface area contributed by atoms with Gasteiger partial charge in [-0.15, -0.1) is 0 Å². The Hall–Kier alpha value is -4.40. The zero-order valence-electron chi connectivity index (χ0n) is 22.2. The lowest BCUT2D eigenvalue weighted by atomic mass is 9.96. The molecule has 0 spiro atoms. The predicted octanol–water partition coefficient (Wildman–Crippen LogP) is 3.23. The molecule has 2 rings (SSSR count). The minimum absolute atomic E-state index is 0.614. The molecule has 0 aliphatic heterocycles. The molecule has 2 aromatic rings. The van der Waals surface area contributed by atoms with Gasteiger partial charge in [-0.2, -0.15) is 5.26 Å². The number of likely N-dealkylation sites (N-methyl/N-ethyl adjacent to an activating group) is 1. The molecule has 0 aromatic heterocycles. The highest BCUT2D eigenvalue weighted by molar-refractivity contribution is 5.90. The third kappa shape index (κ3) is 11.7. The van der Waals surface area contributed by atoms with E-state index in [1.807, 2.05) is 54.6 Å². The smallest absolute Gasteiger partial charge is 0.336 e. The van der Waals surface area contributed by atoms with Crippen molar-refractivity contribution in [3.63, 3.8) is 0 Å². The topological polar surface area (TPSA) is 178 Å². The first-order valence-electron chi connectivity index (χ1n) is 12.1. The van der Waals surface area contributed by atoms with E-state index >= 15 is 0 Å². The van der Waals surface area contributed by atoms with Crippen LogP contribution in [0.4, 0.5) is 0 Å². The Morgan fingerprint density at radius 1 is 0.923 bits per heavy atom. The van der Waals surface area contributed by atoms with Crippen molar-refractivity contribution in [2.45, 2.75) is 32.3 Å². The van der Waals surface area contributed by atoms with Crippen LogP contribution in [0.1, 0.15) is 37.8 Å². The maximum atomic E-state index is 10.3. The highest BCUT2D eigenvalue weighted by Crippen LogP contribution is 2.22. The summed E-state index contributed by atoms with van der Waals surface area (Å²) in [6, 6.07) is 17.6. The van der Waals surface area contributed by atoms with E-state index in [4.69, 9.17) is 29.9 Å². The van der Waals surface area contributed by atoms with Crippen molar-refractivity contribution >= 4 is 29.6 Å². The monoisotopic (exact) mass is 542 g/mol. The van der Waals surface area contributed by atoms with Crippen LogP contribution >= 0.6 is 0 Å². The van der Waals surface area contributed by atoms with E-state index in [-0.39, 0.29) is 0 Å². The lowest BCUT2D eigenvalue weighted by Gasteiger charge is -2.18. The fourth-order valence-corrected chi connectivity index (χ4v) is 3.32. The van der Waals surface area contributed by atoms with Crippen LogP contribution in [0, 0.1) is 11.3 Å². The number of carboxylic acids is 3. The summed E-state index contributed by atoms with van der Waals surface area (Å²) < 4.78 is 11.0. The molecule has 0 unspecified atom stereocenters. The molecule has 0 radical (unpaired) electrons. The van der Waals surface area contributed by atoms with Crippen LogP contribution in [0.2, 0.25) is 0 Å². The molecule has 0 atom stereocenters. The number of nitriles is 1. The summed E-state index contributed by atoms with van der Waals surface area (Å²) in [6.45, 7) is 7.97. The standard InChI is InChI=1S/C22H26N2O2.C6H8O7/c1-4-24(5-2)14-15-26-22-10-6-18(7-11-22)16-20(17-23)19-8-12-21(25-3)13-9-19;7-3(8)1-6(13,5(11)12)2-4(9)10/h6-13,16H,4-5,14-15H2,1-3H3;13H,1-2H2,(H,7,8)(H,9,10)(H,11,12)/b20-16-;. The number of carboxylic acid groups (broad SMARTS) is 3. The van der Waals surface area contributed by atoms with Gasteiger partial charge in [-0.25, -0.2) is 4.79 Å². The minimum atomic E-state index is -2.74. The molecule has 0 aliphatic rings. The molecule has 2 aromatic carbocycles. The SMILES string of the molecule is CCN(CC)CCOc1ccc(/C=C(/C#N)c2ccc(OC)cc2)cc1.O=C(O)CC(O)(CC(=O)O)C(=O)O. The molecule has 0 bridgehead atoms. The highest BCUT2D eigenvalue weighted by Gasteiger charge is 2.40. The Balaban J connectivity index is 0.000000495. The summed E-state index contributed by atoms with van der Waals surface area (Å²) in [5, 5.41) is 43.3. The number of hydrogen-bond donors (Lipinski definition) is 4. The lowest BCUT2D eigenvalue weighted by Crippen LogP contribution is -2.42. The molecular formula is C28H34N2O9. The first kappa shape index (κ1) is 32.6. The summed E-state index contributed by atoms with van der Waals surface area (Å²) in [5.41, 5.74) is -0.290. The molecule has 210 valence electrons. The van der Waals surface area contributed by atoms with Crippen molar-refractivity contribution in [2.24, 2.45) is 0 Å². The van der Waals surface area contributed by atoms with Gasteiger partial charge < -0.3 is 34.8 Å². The molecule has 4 N–H and O–H groups in total. The van der Waals surface area contributed by atoms with Crippen LogP contribution in [0.3, 0.4) is 0 Å². The molecule has 0 saturated heterocycles. The van der Waals surface area contributed by atoms with Crippen molar-refractivity contribution in [1.29, 1.82) is 5.26 Å². The molecule has 0 heterocycles. The van der Waals surface area contributed by atoms with Crippen molar-refractivity contribution in [2.75, 3.05) is 33.4 Å². The number of hydrogen-bond acceptors (Lipinski definition) is 8. The predicted molar refractivity (Wildman–Crippen MR) is 143 cm³/mol. The second-order valence-corrected chi connectivity index (χ2v) is 8.32.